The number of hydrogen-bond donors (Lipinski definition) is 0. The Labute approximate surface area is 74.3 Å². The van der Waals surface area contributed by atoms with Gasteiger partial charge in [0.25, 0.3) is 0 Å². The summed E-state index contributed by atoms with van der Waals surface area (Å²) in [5, 5.41) is 0. The first kappa shape index (κ1) is 5.13. The minimum atomic E-state index is -2.77. The molecule has 4 nitrogen and oxygen atoms in total. The molecule has 0 aliphatic heterocycles. The van der Waals surface area contributed by atoms with Crippen LogP contribution in [0.15, 0.2) is 18.3 Å². The maximum Gasteiger partial charge on any atom is 0.343 e. The van der Waals surface area contributed by atoms with Crippen LogP contribution in [0.4, 0.5) is 0 Å². The molecular formula is C8H9NO3. The van der Waals surface area contributed by atoms with E-state index in [9.17, 15) is 4.79 Å². The van der Waals surface area contributed by atoms with Crippen LogP contribution < -0.4 is 4.74 Å². The molecule has 0 unspecified atom stereocenters. The first-order valence-electron chi connectivity index (χ1n) is 4.66. The van der Waals surface area contributed by atoms with Crippen molar-refractivity contribution in [3.05, 3.63) is 23.9 Å². The third kappa shape index (κ3) is 1.53. The van der Waals surface area contributed by atoms with Crippen molar-refractivity contribution < 1.29 is 18.4 Å². The summed E-state index contributed by atoms with van der Waals surface area (Å²) in [6, 6.07) is 2.86. The molecule has 64 valence electrons. The predicted octanol–water partition coefficient (Wildman–Crippen LogP) is 0.877. The third-order valence-electron chi connectivity index (χ3n) is 1.28. The molecule has 1 heterocycles. The van der Waals surface area contributed by atoms with E-state index in [0.29, 0.717) is 0 Å². The molecule has 1 rings (SSSR count). The van der Waals surface area contributed by atoms with Crippen molar-refractivity contribution in [2.45, 2.75) is 0 Å². The zero-order valence-electron chi connectivity index (χ0n) is 9.40. The van der Waals surface area contributed by atoms with Gasteiger partial charge in [-0.1, -0.05) is 0 Å². The second-order valence-electron chi connectivity index (χ2n) is 1.95. The van der Waals surface area contributed by atoms with E-state index in [4.69, 9.17) is 8.85 Å². The molecule has 0 N–H and O–H groups in total. The van der Waals surface area contributed by atoms with Gasteiger partial charge in [-0.15, -0.1) is 0 Å². The van der Waals surface area contributed by atoms with E-state index >= 15 is 0 Å². The first-order chi connectivity index (χ1) is 6.94. The van der Waals surface area contributed by atoms with Gasteiger partial charge in [-0.05, 0) is 12.1 Å². The summed E-state index contributed by atoms with van der Waals surface area (Å²) in [5.41, 5.74) is -0.0175. The number of pyridine rings is 1. The smallest absolute Gasteiger partial charge is 0.343 e. The molecule has 0 aromatic carbocycles. The SMILES string of the molecule is [2H]C([2H])([2H])OC(=O)c1cccnc1OC. The van der Waals surface area contributed by atoms with E-state index in [1.54, 1.807) is 0 Å². The van der Waals surface area contributed by atoms with Crippen molar-refractivity contribution in [1.82, 2.24) is 4.98 Å². The van der Waals surface area contributed by atoms with Crippen molar-refractivity contribution in [3.63, 3.8) is 0 Å². The highest BCUT2D eigenvalue weighted by Crippen LogP contribution is 2.13. The Morgan fingerprint density at radius 3 is 3.25 bits per heavy atom. The summed E-state index contributed by atoms with van der Waals surface area (Å²) in [6.45, 7) is 0. The molecule has 1 aromatic heterocycles. The van der Waals surface area contributed by atoms with Gasteiger partial charge in [0.15, 0.2) is 0 Å². The van der Waals surface area contributed by atoms with Crippen molar-refractivity contribution in [3.8, 4) is 5.88 Å². The molecule has 0 amide bonds. The summed E-state index contributed by atoms with van der Waals surface area (Å²) in [6.07, 6.45) is 1.42. The number of carbonyl (C=O) groups is 1. The van der Waals surface area contributed by atoms with E-state index in [-0.39, 0.29) is 11.4 Å². The number of aromatic nitrogens is 1. The second kappa shape index (κ2) is 3.71. The Morgan fingerprint density at radius 1 is 1.75 bits per heavy atom. The van der Waals surface area contributed by atoms with Crippen molar-refractivity contribution in [2.24, 2.45) is 0 Å². The standard InChI is InChI=1S/C8H9NO3/c1-11-7-6(8(10)12-2)4-3-5-9-7/h3-5H,1-2H3/i2D3. The number of rotatable bonds is 2. The van der Waals surface area contributed by atoms with Crippen LogP contribution in [0.3, 0.4) is 0 Å². The third-order valence-corrected chi connectivity index (χ3v) is 1.28. The molecule has 0 aliphatic carbocycles. The Balaban J connectivity index is 2.91. The van der Waals surface area contributed by atoms with Crippen LogP contribution in [0.2, 0.25) is 0 Å². The van der Waals surface area contributed by atoms with E-state index in [2.05, 4.69) is 9.72 Å². The lowest BCUT2D eigenvalue weighted by atomic mass is 10.3. The lowest BCUT2D eigenvalue weighted by Crippen LogP contribution is -2.04. The quantitative estimate of drug-likeness (QED) is 0.618. The fraction of sp³-hybridized carbons (Fsp3) is 0.250. The molecule has 0 atom stereocenters. The summed E-state index contributed by atoms with van der Waals surface area (Å²) < 4.78 is 29.3. The summed E-state index contributed by atoms with van der Waals surface area (Å²) in [5.74, 6) is -0.952. The average Bonchev–Trinajstić information content (AvgIpc) is 2.15. The largest absolute Gasteiger partial charge is 0.480 e. The molecule has 0 aliphatic rings. The zero-order valence-corrected chi connectivity index (χ0v) is 6.40. The molecule has 1 aromatic rings. The van der Waals surface area contributed by atoms with Crippen LogP contribution in [0.1, 0.15) is 14.5 Å². The Morgan fingerprint density at radius 2 is 2.58 bits per heavy atom. The van der Waals surface area contributed by atoms with Gasteiger partial charge < -0.3 is 9.47 Å². The number of esters is 1. The minimum Gasteiger partial charge on any atom is -0.480 e. The van der Waals surface area contributed by atoms with Gasteiger partial charge in [-0.3, -0.25) is 0 Å². The summed E-state index contributed by atoms with van der Waals surface area (Å²) in [4.78, 5) is 15.1. The first-order valence-corrected chi connectivity index (χ1v) is 3.16. The van der Waals surface area contributed by atoms with Gasteiger partial charge in [0.1, 0.15) is 5.56 Å². The molecule has 4 heteroatoms. The lowest BCUT2D eigenvalue weighted by Gasteiger charge is -2.03. The Kier molecular flexibility index (Phi) is 1.59. The number of nitrogens with zero attached hydrogens (tertiary/aromatic N) is 1. The number of ether oxygens (including phenoxy) is 2. The van der Waals surface area contributed by atoms with Crippen molar-refractivity contribution in [1.29, 1.82) is 0 Å². The van der Waals surface area contributed by atoms with Crippen LogP contribution >= 0.6 is 0 Å². The van der Waals surface area contributed by atoms with E-state index < -0.39 is 13.0 Å². The highest BCUT2D eigenvalue weighted by molar-refractivity contribution is 5.91. The summed E-state index contributed by atoms with van der Waals surface area (Å²) >= 11 is 0. The van der Waals surface area contributed by atoms with Gasteiger partial charge in [-0.25, -0.2) is 9.78 Å². The lowest BCUT2D eigenvalue weighted by molar-refractivity contribution is 0.0596. The van der Waals surface area contributed by atoms with E-state index in [1.807, 2.05) is 0 Å². The number of carbonyl (C=O) groups excluding carboxylic acids is 1. The number of methoxy groups -OCH3 is 2. The molecule has 0 fully saturated rings. The van der Waals surface area contributed by atoms with E-state index in [1.165, 1.54) is 25.4 Å². The normalized spacial score (nSPS) is 13.9. The Bertz CT molecular complexity index is 364. The maximum atomic E-state index is 11.3. The molecule has 12 heavy (non-hydrogen) atoms. The topological polar surface area (TPSA) is 48.4 Å². The van der Waals surface area contributed by atoms with E-state index in [0.717, 1.165) is 0 Å². The van der Waals surface area contributed by atoms with Crippen LogP contribution in [0, 0.1) is 0 Å². The van der Waals surface area contributed by atoms with Gasteiger partial charge >= 0.3 is 5.97 Å². The van der Waals surface area contributed by atoms with Crippen LogP contribution in [0.5, 0.6) is 5.88 Å². The average molecular weight is 170 g/mol. The maximum absolute atomic E-state index is 11.3. The van der Waals surface area contributed by atoms with Crippen molar-refractivity contribution >= 4 is 5.97 Å². The number of hydrogen-bond acceptors (Lipinski definition) is 4. The molecular weight excluding hydrogens is 158 g/mol. The van der Waals surface area contributed by atoms with Gasteiger partial charge in [-0.2, -0.15) is 0 Å². The zero-order chi connectivity index (χ0) is 11.5. The predicted molar refractivity (Wildman–Crippen MR) is 42.1 cm³/mol. The van der Waals surface area contributed by atoms with Gasteiger partial charge in [0, 0.05) is 6.20 Å². The van der Waals surface area contributed by atoms with Crippen molar-refractivity contribution in [2.75, 3.05) is 14.1 Å². The minimum absolute atomic E-state index is 0.0175. The molecule has 0 bridgehead atoms. The fourth-order valence-corrected chi connectivity index (χ4v) is 0.764. The summed E-state index contributed by atoms with van der Waals surface area (Å²) in [7, 11) is -1.44. The Hall–Kier alpha value is -1.58. The van der Waals surface area contributed by atoms with Crippen LogP contribution in [-0.4, -0.2) is 25.1 Å². The monoisotopic (exact) mass is 170 g/mol. The molecule has 0 spiro atoms. The highest BCUT2D eigenvalue weighted by Gasteiger charge is 2.11. The van der Waals surface area contributed by atoms with Gasteiger partial charge in [0.2, 0.25) is 5.88 Å². The molecule has 0 saturated carbocycles. The second-order valence-corrected chi connectivity index (χ2v) is 1.95. The fourth-order valence-electron chi connectivity index (χ4n) is 0.764. The van der Waals surface area contributed by atoms with Crippen LogP contribution in [0.25, 0.3) is 0 Å². The van der Waals surface area contributed by atoms with Crippen LogP contribution in [-0.2, 0) is 4.74 Å². The highest BCUT2D eigenvalue weighted by atomic mass is 16.5. The molecule has 0 radical (unpaired) electrons. The van der Waals surface area contributed by atoms with Gasteiger partial charge in [0.05, 0.1) is 18.3 Å². The molecule has 0 saturated heterocycles.